The molecule has 0 aromatic heterocycles. The van der Waals surface area contributed by atoms with E-state index in [2.05, 4.69) is 0 Å². The van der Waals surface area contributed by atoms with Gasteiger partial charge in [0.15, 0.2) is 12.3 Å². The summed E-state index contributed by atoms with van der Waals surface area (Å²) in [6.07, 6.45) is 6.45. The zero-order valence-corrected chi connectivity index (χ0v) is 24.3. The molecule has 0 radical (unpaired) electrons. The number of carbonyl (C=O) groups excluding carboxylic acids is 2. The summed E-state index contributed by atoms with van der Waals surface area (Å²) in [5, 5.41) is 23.8. The van der Waals surface area contributed by atoms with Crippen LogP contribution in [0.15, 0.2) is 48.2 Å². The summed E-state index contributed by atoms with van der Waals surface area (Å²) in [4.78, 5) is 24.1. The first-order valence-corrected chi connectivity index (χ1v) is 12.3. The van der Waals surface area contributed by atoms with Gasteiger partial charge in [0.25, 0.3) is 0 Å². The third-order valence-corrected chi connectivity index (χ3v) is 7.36. The minimum Gasteiger partial charge on any atom is -0.550 e. The molecule has 2 aromatic rings. The maximum atomic E-state index is 11.1. The van der Waals surface area contributed by atoms with E-state index in [9.17, 15) is 19.8 Å². The molecule has 0 bridgehead atoms. The first-order valence-electron chi connectivity index (χ1n) is 10.8. The Morgan fingerprint density at radius 1 is 0.889 bits per heavy atom. The number of aliphatic carboxylic acids is 2. The maximum Gasteiger partial charge on any atom is 1.00 e. The molecule has 2 aliphatic heterocycles. The van der Waals surface area contributed by atoms with Gasteiger partial charge in [0.2, 0.25) is 5.69 Å². The summed E-state index contributed by atoms with van der Waals surface area (Å²) in [6, 6.07) is 7.04. The van der Waals surface area contributed by atoms with E-state index in [1.807, 2.05) is 27.7 Å². The smallest absolute Gasteiger partial charge is 0.550 e. The molecule has 11 heteroatoms. The van der Waals surface area contributed by atoms with Crippen molar-refractivity contribution in [1.82, 2.24) is 0 Å². The zero-order chi connectivity index (χ0) is 25.3. The van der Waals surface area contributed by atoms with E-state index in [0.717, 1.165) is 33.9 Å². The van der Waals surface area contributed by atoms with Crippen LogP contribution in [0.25, 0.3) is 0 Å². The molecule has 0 spiro atoms. The maximum absolute atomic E-state index is 11.1. The van der Waals surface area contributed by atoms with Gasteiger partial charge < -0.3 is 24.7 Å². The van der Waals surface area contributed by atoms with Crippen LogP contribution in [-0.4, -0.2) is 35.3 Å². The molecule has 0 saturated carbocycles. The molecular formula is C25H19Cl4N2NaO4. The second-order valence-electron chi connectivity index (χ2n) is 8.20. The van der Waals surface area contributed by atoms with Crippen molar-refractivity contribution in [2.75, 3.05) is 18.0 Å². The number of rotatable bonds is 8. The molecule has 0 aliphatic carbocycles. The van der Waals surface area contributed by atoms with Crippen LogP contribution in [0, 0.1) is 0 Å². The number of hydrogen-bond donors (Lipinski definition) is 0. The molecule has 0 amide bonds. The first-order chi connectivity index (χ1) is 16.6. The minimum atomic E-state index is -1.14. The fourth-order valence-electron chi connectivity index (χ4n) is 4.33. The normalized spacial score (nSPS) is 15.4. The summed E-state index contributed by atoms with van der Waals surface area (Å²) >= 11 is 24.8. The molecule has 0 N–H and O–H groups in total. The van der Waals surface area contributed by atoms with Crippen molar-refractivity contribution in [2.45, 2.75) is 25.7 Å². The van der Waals surface area contributed by atoms with Crippen LogP contribution >= 0.6 is 46.4 Å². The van der Waals surface area contributed by atoms with Gasteiger partial charge in [-0.1, -0.05) is 52.5 Å². The predicted molar refractivity (Wildman–Crippen MR) is 134 cm³/mol. The van der Waals surface area contributed by atoms with Gasteiger partial charge in [-0.05, 0) is 29.8 Å². The third-order valence-electron chi connectivity index (χ3n) is 5.92. The van der Waals surface area contributed by atoms with Gasteiger partial charge in [-0.25, -0.2) is 0 Å². The van der Waals surface area contributed by atoms with E-state index in [1.54, 1.807) is 24.3 Å². The van der Waals surface area contributed by atoms with Gasteiger partial charge in [0.1, 0.15) is 0 Å². The van der Waals surface area contributed by atoms with Crippen molar-refractivity contribution >= 4 is 75.4 Å². The van der Waals surface area contributed by atoms with Gasteiger partial charge in [0, 0.05) is 66.8 Å². The number of carboxylic acid groups (broad SMARTS) is 2. The summed E-state index contributed by atoms with van der Waals surface area (Å²) in [5.41, 5.74) is 5.25. The monoisotopic (exact) mass is 574 g/mol. The van der Waals surface area contributed by atoms with Gasteiger partial charge in [-0.3, -0.25) is 0 Å². The quantitative estimate of drug-likeness (QED) is 0.342. The molecule has 2 aliphatic rings. The van der Waals surface area contributed by atoms with E-state index in [-0.39, 0.29) is 55.5 Å². The average molecular weight is 576 g/mol. The van der Waals surface area contributed by atoms with Crippen LogP contribution in [0.1, 0.15) is 24.0 Å². The van der Waals surface area contributed by atoms with Crippen LogP contribution in [0.5, 0.6) is 0 Å². The zero-order valence-electron chi connectivity index (χ0n) is 19.3. The Kier molecular flexibility index (Phi) is 9.97. The SMILES string of the molecule is O=C([O-])CCN1/C(=C/C=C/C2=[N+](CCC(=O)[O-])c3cc(Cl)c(Cl)cc3C2)Cc2cc(Cl)c(Cl)cc21.[Na+]. The number of allylic oxidation sites excluding steroid dienone is 4. The first kappa shape index (κ1) is 29.1. The number of hydrogen-bond acceptors (Lipinski definition) is 5. The Hall–Kier alpha value is -1.51. The van der Waals surface area contributed by atoms with Gasteiger partial charge >= 0.3 is 29.6 Å². The van der Waals surface area contributed by atoms with Gasteiger partial charge in [-0.15, -0.1) is 0 Å². The van der Waals surface area contributed by atoms with E-state index in [4.69, 9.17) is 46.4 Å². The van der Waals surface area contributed by atoms with Crippen molar-refractivity contribution < 1.29 is 53.9 Å². The van der Waals surface area contributed by atoms with Crippen LogP contribution in [0.4, 0.5) is 11.4 Å². The Labute approximate surface area is 250 Å². The van der Waals surface area contributed by atoms with Crippen molar-refractivity contribution in [2.24, 2.45) is 0 Å². The number of anilines is 1. The standard InChI is InChI=1S/C25H20Cl4N2O4.Na/c26-18-10-14-8-16(30(6-4-24(32)33)22(14)12-20(18)28)2-1-3-17-9-15-11-19(27)21(29)13-23(15)31(17)7-5-25(34)35;/h1-3,10-13H,4-9H2,(H-,32,33,34,35);/q;+1/p-1. The van der Waals surface area contributed by atoms with E-state index in [0.29, 0.717) is 32.9 Å². The molecule has 0 saturated heterocycles. The van der Waals surface area contributed by atoms with Crippen molar-refractivity contribution in [3.05, 3.63) is 79.4 Å². The molecule has 182 valence electrons. The topological polar surface area (TPSA) is 86.5 Å². The van der Waals surface area contributed by atoms with Crippen LogP contribution in [0.2, 0.25) is 20.1 Å². The second kappa shape index (κ2) is 12.4. The Morgan fingerprint density at radius 3 is 2.17 bits per heavy atom. The van der Waals surface area contributed by atoms with Crippen LogP contribution in [-0.2, 0) is 22.4 Å². The summed E-state index contributed by atoms with van der Waals surface area (Å²) < 4.78 is 1.89. The molecule has 0 atom stereocenters. The number of halogens is 4. The summed E-state index contributed by atoms with van der Waals surface area (Å²) in [6.45, 7) is 0.452. The fraction of sp³-hybridized carbons (Fsp3) is 0.240. The van der Waals surface area contributed by atoms with Crippen molar-refractivity contribution in [1.29, 1.82) is 0 Å². The summed E-state index contributed by atoms with van der Waals surface area (Å²) in [5.74, 6) is -2.29. The molecule has 36 heavy (non-hydrogen) atoms. The molecule has 0 unspecified atom stereocenters. The second-order valence-corrected chi connectivity index (χ2v) is 9.83. The third kappa shape index (κ3) is 6.48. The number of carboxylic acids is 2. The molecule has 6 nitrogen and oxygen atoms in total. The molecule has 2 aromatic carbocycles. The van der Waals surface area contributed by atoms with E-state index < -0.39 is 11.9 Å². The number of carbonyl (C=O) groups is 2. The Balaban J connectivity index is 0.00000361. The Bertz CT molecular complexity index is 1320. The van der Waals surface area contributed by atoms with Gasteiger partial charge in [0.05, 0.1) is 26.5 Å². The number of benzene rings is 2. The van der Waals surface area contributed by atoms with Gasteiger partial charge in [-0.2, -0.15) is 4.58 Å². The minimum absolute atomic E-state index is 0. The molecule has 2 heterocycles. The van der Waals surface area contributed by atoms with Crippen molar-refractivity contribution in [3.63, 3.8) is 0 Å². The largest absolute Gasteiger partial charge is 1.00 e. The van der Waals surface area contributed by atoms with Crippen molar-refractivity contribution in [3.8, 4) is 0 Å². The van der Waals surface area contributed by atoms with E-state index in [1.165, 1.54) is 0 Å². The predicted octanol–water partition coefficient (Wildman–Crippen LogP) is 0.728. The summed E-state index contributed by atoms with van der Waals surface area (Å²) in [7, 11) is 0. The number of fused-ring (bicyclic) bond motifs is 2. The molecule has 0 fully saturated rings. The van der Waals surface area contributed by atoms with Crippen LogP contribution in [0.3, 0.4) is 0 Å². The number of nitrogens with zero attached hydrogens (tertiary/aromatic N) is 2. The van der Waals surface area contributed by atoms with Crippen LogP contribution < -0.4 is 44.7 Å². The fourth-order valence-corrected chi connectivity index (χ4v) is 5.02. The van der Waals surface area contributed by atoms with E-state index >= 15 is 0 Å². The Morgan fingerprint density at radius 2 is 1.50 bits per heavy atom. The average Bonchev–Trinajstić information content (AvgIpc) is 3.28. The molecule has 4 rings (SSSR count). The molecular weight excluding hydrogens is 557 g/mol.